The number of amides is 3. The summed E-state index contributed by atoms with van der Waals surface area (Å²) in [4.78, 5) is 35.9. The first-order chi connectivity index (χ1) is 13.4. The highest BCUT2D eigenvalue weighted by atomic mass is 16.5. The molecular formula is C20H23N3O5. The lowest BCUT2D eigenvalue weighted by Gasteiger charge is -2.17. The number of aryl methyl sites for hydroxylation is 1. The van der Waals surface area contributed by atoms with E-state index in [0.29, 0.717) is 17.9 Å². The summed E-state index contributed by atoms with van der Waals surface area (Å²) in [5, 5.41) is 16.9. The Balaban J connectivity index is 1.94. The molecule has 8 heteroatoms. The second-order valence-electron chi connectivity index (χ2n) is 6.07. The average Bonchev–Trinajstić information content (AvgIpc) is 2.69. The highest BCUT2D eigenvalue weighted by Gasteiger charge is 2.24. The number of ether oxygens (including phenoxy) is 1. The van der Waals surface area contributed by atoms with Crippen LogP contribution in [0.1, 0.15) is 21.5 Å². The van der Waals surface area contributed by atoms with Gasteiger partial charge in [-0.05, 0) is 24.1 Å². The Bertz CT molecular complexity index is 839. The number of rotatable bonds is 8. The third-order valence-corrected chi connectivity index (χ3v) is 4.05. The van der Waals surface area contributed by atoms with E-state index in [1.54, 1.807) is 25.1 Å². The third-order valence-electron chi connectivity index (χ3n) is 4.05. The Kier molecular flexibility index (Phi) is 7.38. The molecule has 0 saturated carbocycles. The average molecular weight is 385 g/mol. The topological polar surface area (TPSA) is 117 Å². The van der Waals surface area contributed by atoms with Crippen molar-refractivity contribution in [3.8, 4) is 5.75 Å². The molecule has 0 aromatic heterocycles. The fourth-order valence-corrected chi connectivity index (χ4v) is 2.57. The molecule has 0 aliphatic carbocycles. The van der Waals surface area contributed by atoms with E-state index in [2.05, 4.69) is 16.0 Å². The fourth-order valence-electron chi connectivity index (χ4n) is 2.57. The summed E-state index contributed by atoms with van der Waals surface area (Å²) in [7, 11) is 1.43. The molecule has 1 atom stereocenters. The van der Waals surface area contributed by atoms with E-state index in [4.69, 9.17) is 4.74 Å². The molecule has 0 radical (unpaired) electrons. The van der Waals surface area contributed by atoms with Crippen LogP contribution < -0.4 is 20.7 Å². The van der Waals surface area contributed by atoms with E-state index in [-0.39, 0.29) is 12.1 Å². The molecule has 0 heterocycles. The highest BCUT2D eigenvalue weighted by Crippen LogP contribution is 2.21. The maximum absolute atomic E-state index is 12.5. The number of carboxylic acid groups (broad SMARTS) is 1. The standard InChI is InChI=1S/C20H23N3O5/c1-13-7-6-10-16(28-2)17(13)18(24)23-15(19(25)26)12-22-20(27)21-11-14-8-4-3-5-9-14/h3-10,15H,11-12H2,1-2H3,(H,23,24)(H,25,26)(H2,21,22,27)/t15-/m0/s1. The largest absolute Gasteiger partial charge is 0.496 e. The number of hydrogen-bond acceptors (Lipinski definition) is 4. The second kappa shape index (κ2) is 9.96. The molecular weight excluding hydrogens is 362 g/mol. The number of hydrogen-bond donors (Lipinski definition) is 4. The monoisotopic (exact) mass is 385 g/mol. The molecule has 4 N–H and O–H groups in total. The first-order valence-corrected chi connectivity index (χ1v) is 8.65. The summed E-state index contributed by atoms with van der Waals surface area (Å²) in [6.07, 6.45) is 0. The number of benzene rings is 2. The number of carbonyl (C=O) groups is 3. The van der Waals surface area contributed by atoms with E-state index in [1.165, 1.54) is 7.11 Å². The Hall–Kier alpha value is -3.55. The van der Waals surface area contributed by atoms with Crippen molar-refractivity contribution in [2.24, 2.45) is 0 Å². The normalized spacial score (nSPS) is 11.2. The second-order valence-corrected chi connectivity index (χ2v) is 6.07. The van der Waals surface area contributed by atoms with Crippen molar-refractivity contribution >= 4 is 17.9 Å². The molecule has 2 aromatic rings. The van der Waals surface area contributed by atoms with E-state index in [9.17, 15) is 19.5 Å². The molecule has 0 aliphatic heterocycles. The molecule has 2 rings (SSSR count). The van der Waals surface area contributed by atoms with Crippen LogP contribution in [0.15, 0.2) is 48.5 Å². The van der Waals surface area contributed by atoms with E-state index < -0.39 is 23.9 Å². The van der Waals surface area contributed by atoms with Gasteiger partial charge in [0.1, 0.15) is 11.8 Å². The molecule has 148 valence electrons. The van der Waals surface area contributed by atoms with Crippen LogP contribution in [-0.2, 0) is 11.3 Å². The first-order valence-electron chi connectivity index (χ1n) is 8.65. The summed E-state index contributed by atoms with van der Waals surface area (Å²) in [6, 6.07) is 12.5. The molecule has 28 heavy (non-hydrogen) atoms. The van der Waals surface area contributed by atoms with Crippen LogP contribution >= 0.6 is 0 Å². The van der Waals surface area contributed by atoms with Gasteiger partial charge in [-0.3, -0.25) is 4.79 Å². The molecule has 2 aromatic carbocycles. The van der Waals surface area contributed by atoms with Gasteiger partial charge < -0.3 is 25.8 Å². The quantitative estimate of drug-likeness (QED) is 0.552. The lowest BCUT2D eigenvalue weighted by molar-refractivity contribution is -0.139. The molecule has 3 amide bonds. The van der Waals surface area contributed by atoms with Gasteiger partial charge in [0, 0.05) is 6.54 Å². The number of carbonyl (C=O) groups excluding carboxylic acids is 2. The fraction of sp³-hybridized carbons (Fsp3) is 0.250. The number of carboxylic acids is 1. The van der Waals surface area contributed by atoms with Gasteiger partial charge in [-0.15, -0.1) is 0 Å². The Morgan fingerprint density at radius 3 is 2.39 bits per heavy atom. The number of aliphatic carboxylic acids is 1. The van der Waals surface area contributed by atoms with Crippen LogP contribution in [0.5, 0.6) is 5.75 Å². The van der Waals surface area contributed by atoms with Crippen LogP contribution in [0.25, 0.3) is 0 Å². The predicted molar refractivity (Wildman–Crippen MR) is 103 cm³/mol. The zero-order valence-corrected chi connectivity index (χ0v) is 15.7. The number of methoxy groups -OCH3 is 1. The van der Waals surface area contributed by atoms with Gasteiger partial charge in [0.05, 0.1) is 19.2 Å². The van der Waals surface area contributed by atoms with Gasteiger partial charge in [0.15, 0.2) is 0 Å². The molecule has 0 bridgehead atoms. The van der Waals surface area contributed by atoms with Crippen molar-refractivity contribution in [2.75, 3.05) is 13.7 Å². The summed E-state index contributed by atoms with van der Waals surface area (Å²) in [6.45, 7) is 1.76. The van der Waals surface area contributed by atoms with Crippen LogP contribution in [0.4, 0.5) is 4.79 Å². The number of nitrogens with one attached hydrogen (secondary N) is 3. The van der Waals surface area contributed by atoms with Crippen LogP contribution in [0.3, 0.4) is 0 Å². The Labute approximate surface area is 162 Å². The molecule has 0 saturated heterocycles. The molecule has 0 unspecified atom stereocenters. The zero-order valence-electron chi connectivity index (χ0n) is 15.7. The van der Waals surface area contributed by atoms with Crippen LogP contribution in [-0.4, -0.2) is 42.7 Å². The molecule has 0 fully saturated rings. The zero-order chi connectivity index (χ0) is 20.5. The van der Waals surface area contributed by atoms with Crippen molar-refractivity contribution in [3.05, 3.63) is 65.2 Å². The maximum Gasteiger partial charge on any atom is 0.328 e. The summed E-state index contributed by atoms with van der Waals surface area (Å²) in [5.74, 6) is -1.51. The molecule has 0 spiro atoms. The minimum atomic E-state index is -1.29. The smallest absolute Gasteiger partial charge is 0.328 e. The minimum Gasteiger partial charge on any atom is -0.496 e. The van der Waals surface area contributed by atoms with Crippen molar-refractivity contribution < 1.29 is 24.2 Å². The van der Waals surface area contributed by atoms with Crippen molar-refractivity contribution in [3.63, 3.8) is 0 Å². The number of urea groups is 1. The molecule has 0 aliphatic rings. The lowest BCUT2D eigenvalue weighted by Crippen LogP contribution is -2.50. The van der Waals surface area contributed by atoms with Crippen molar-refractivity contribution in [1.82, 2.24) is 16.0 Å². The first kappa shape index (κ1) is 20.8. The maximum atomic E-state index is 12.5. The van der Waals surface area contributed by atoms with Crippen molar-refractivity contribution in [2.45, 2.75) is 19.5 Å². The Morgan fingerprint density at radius 2 is 1.75 bits per heavy atom. The van der Waals surface area contributed by atoms with E-state index >= 15 is 0 Å². The van der Waals surface area contributed by atoms with E-state index in [0.717, 1.165) is 5.56 Å². The van der Waals surface area contributed by atoms with Gasteiger partial charge in [-0.25, -0.2) is 9.59 Å². The van der Waals surface area contributed by atoms with Gasteiger partial charge in [-0.2, -0.15) is 0 Å². The van der Waals surface area contributed by atoms with E-state index in [1.807, 2.05) is 30.3 Å². The van der Waals surface area contributed by atoms with Crippen LogP contribution in [0, 0.1) is 6.92 Å². The summed E-state index contributed by atoms with van der Waals surface area (Å²) < 4.78 is 5.17. The third kappa shape index (κ3) is 5.73. The van der Waals surface area contributed by atoms with Gasteiger partial charge in [0.25, 0.3) is 5.91 Å². The van der Waals surface area contributed by atoms with Gasteiger partial charge in [0.2, 0.25) is 0 Å². The Morgan fingerprint density at radius 1 is 1.04 bits per heavy atom. The summed E-state index contributed by atoms with van der Waals surface area (Å²) in [5.41, 5.74) is 1.81. The molecule has 8 nitrogen and oxygen atoms in total. The lowest BCUT2D eigenvalue weighted by atomic mass is 10.1. The highest BCUT2D eigenvalue weighted by molar-refractivity contribution is 6.00. The van der Waals surface area contributed by atoms with Crippen LogP contribution in [0.2, 0.25) is 0 Å². The minimum absolute atomic E-state index is 0.254. The van der Waals surface area contributed by atoms with Crippen molar-refractivity contribution in [1.29, 1.82) is 0 Å². The predicted octanol–water partition coefficient (Wildman–Crippen LogP) is 1.69. The van der Waals surface area contributed by atoms with Gasteiger partial charge >= 0.3 is 12.0 Å². The summed E-state index contributed by atoms with van der Waals surface area (Å²) >= 11 is 0. The SMILES string of the molecule is COc1cccc(C)c1C(=O)N[C@@H](CNC(=O)NCc1ccccc1)C(=O)O. The van der Waals surface area contributed by atoms with Gasteiger partial charge in [-0.1, -0.05) is 42.5 Å².